The Balaban J connectivity index is 1.96. The van der Waals surface area contributed by atoms with E-state index in [1.54, 1.807) is 0 Å². The lowest BCUT2D eigenvalue weighted by atomic mass is 10.2. The summed E-state index contributed by atoms with van der Waals surface area (Å²) in [6.07, 6.45) is 0.509. The predicted molar refractivity (Wildman–Crippen MR) is 59.5 cm³/mol. The second-order valence-electron chi connectivity index (χ2n) is 4.08. The fraction of sp³-hybridized carbons (Fsp3) is 0.417. The van der Waals surface area contributed by atoms with Crippen molar-refractivity contribution in [1.82, 2.24) is 4.90 Å². The van der Waals surface area contributed by atoms with E-state index in [0.29, 0.717) is 13.0 Å². The number of carbonyl (C=O) groups is 1. The molecule has 0 radical (unpaired) electrons. The van der Waals surface area contributed by atoms with Crippen molar-refractivity contribution >= 4 is 5.97 Å². The Hall–Kier alpha value is -1.55. The molecule has 2 rings (SSSR count). The van der Waals surface area contributed by atoms with Crippen LogP contribution in [0.1, 0.15) is 6.42 Å². The lowest BCUT2D eigenvalue weighted by molar-refractivity contribution is -0.141. The van der Waals surface area contributed by atoms with E-state index in [2.05, 4.69) is 0 Å². The summed E-state index contributed by atoms with van der Waals surface area (Å²) in [5.74, 6) is 0.0219. The summed E-state index contributed by atoms with van der Waals surface area (Å²) in [5.41, 5.74) is 0. The molecule has 1 aliphatic heterocycles. The molecule has 0 saturated carbocycles. The van der Waals surface area contributed by atoms with E-state index in [1.807, 2.05) is 42.3 Å². The van der Waals surface area contributed by atoms with Crippen molar-refractivity contribution in [3.8, 4) is 5.75 Å². The largest absolute Gasteiger partial charge is 0.489 e. The van der Waals surface area contributed by atoms with Crippen molar-refractivity contribution in [2.75, 3.05) is 13.6 Å². The number of benzene rings is 1. The van der Waals surface area contributed by atoms with E-state index in [1.165, 1.54) is 0 Å². The van der Waals surface area contributed by atoms with Gasteiger partial charge in [0.15, 0.2) is 0 Å². The standard InChI is InChI=1S/C12H15NO3/c1-13-8-10(7-11(13)12(14)15)16-9-5-3-2-4-6-9/h2-6,10-11H,7-8H2,1H3,(H,14,15)/t10-,11-/m0/s1. The molecule has 0 amide bonds. The van der Waals surface area contributed by atoms with Gasteiger partial charge in [0.25, 0.3) is 0 Å². The van der Waals surface area contributed by atoms with Crippen molar-refractivity contribution in [1.29, 1.82) is 0 Å². The molecule has 4 nitrogen and oxygen atoms in total. The molecule has 0 aromatic heterocycles. The zero-order chi connectivity index (χ0) is 11.5. The molecule has 4 heteroatoms. The van der Waals surface area contributed by atoms with Gasteiger partial charge < -0.3 is 9.84 Å². The van der Waals surface area contributed by atoms with Crippen LogP contribution in [-0.2, 0) is 4.79 Å². The highest BCUT2D eigenvalue weighted by atomic mass is 16.5. The Morgan fingerprint density at radius 2 is 2.12 bits per heavy atom. The number of carboxylic acids is 1. The molecule has 0 bridgehead atoms. The summed E-state index contributed by atoms with van der Waals surface area (Å²) in [6.45, 7) is 0.659. The third-order valence-electron chi connectivity index (χ3n) is 2.84. The van der Waals surface area contributed by atoms with Crippen molar-refractivity contribution in [2.45, 2.75) is 18.6 Å². The average Bonchev–Trinajstić information content (AvgIpc) is 2.61. The number of likely N-dealkylation sites (tertiary alicyclic amines) is 1. The van der Waals surface area contributed by atoms with Crippen LogP contribution >= 0.6 is 0 Å². The van der Waals surface area contributed by atoms with Crippen LogP contribution in [0.25, 0.3) is 0 Å². The van der Waals surface area contributed by atoms with Crippen LogP contribution < -0.4 is 4.74 Å². The third-order valence-corrected chi connectivity index (χ3v) is 2.84. The molecule has 2 atom stereocenters. The van der Waals surface area contributed by atoms with Gasteiger partial charge in [0, 0.05) is 13.0 Å². The predicted octanol–water partition coefficient (Wildman–Crippen LogP) is 1.22. The number of ether oxygens (including phenoxy) is 1. The first-order chi connectivity index (χ1) is 7.66. The summed E-state index contributed by atoms with van der Waals surface area (Å²) in [5, 5.41) is 8.97. The quantitative estimate of drug-likeness (QED) is 0.833. The number of aliphatic carboxylic acids is 1. The SMILES string of the molecule is CN1C[C@@H](Oc2ccccc2)C[C@H]1C(=O)O. The van der Waals surface area contributed by atoms with Crippen LogP contribution in [0.3, 0.4) is 0 Å². The van der Waals surface area contributed by atoms with Crippen LogP contribution in [0.15, 0.2) is 30.3 Å². The Morgan fingerprint density at radius 3 is 2.69 bits per heavy atom. The number of likely N-dealkylation sites (N-methyl/N-ethyl adjacent to an activating group) is 1. The van der Waals surface area contributed by atoms with Gasteiger partial charge in [0.05, 0.1) is 0 Å². The number of para-hydroxylation sites is 1. The molecule has 16 heavy (non-hydrogen) atoms. The van der Waals surface area contributed by atoms with Gasteiger partial charge in [-0.05, 0) is 19.2 Å². The first-order valence-electron chi connectivity index (χ1n) is 5.31. The highest BCUT2D eigenvalue weighted by Crippen LogP contribution is 2.21. The Kier molecular flexibility index (Phi) is 3.10. The summed E-state index contributed by atoms with van der Waals surface area (Å²) in [7, 11) is 1.81. The van der Waals surface area contributed by atoms with Crippen molar-refractivity contribution in [2.24, 2.45) is 0 Å². The number of hydrogen-bond donors (Lipinski definition) is 1. The topological polar surface area (TPSA) is 49.8 Å². The molecule has 1 N–H and O–H groups in total. The van der Waals surface area contributed by atoms with Gasteiger partial charge in [-0.3, -0.25) is 9.69 Å². The highest BCUT2D eigenvalue weighted by molar-refractivity contribution is 5.73. The van der Waals surface area contributed by atoms with Crippen LogP contribution in [-0.4, -0.2) is 41.7 Å². The molecule has 1 aromatic rings. The highest BCUT2D eigenvalue weighted by Gasteiger charge is 2.35. The maximum absolute atomic E-state index is 10.9. The summed E-state index contributed by atoms with van der Waals surface area (Å²) < 4.78 is 5.72. The second-order valence-corrected chi connectivity index (χ2v) is 4.08. The van der Waals surface area contributed by atoms with Gasteiger partial charge in [-0.15, -0.1) is 0 Å². The fourth-order valence-corrected chi connectivity index (χ4v) is 2.02. The summed E-state index contributed by atoms with van der Waals surface area (Å²) in [6, 6.07) is 9.08. The molecule has 1 aromatic carbocycles. The maximum Gasteiger partial charge on any atom is 0.321 e. The third kappa shape index (κ3) is 2.33. The van der Waals surface area contributed by atoms with Crippen LogP contribution in [0, 0.1) is 0 Å². The molecule has 0 unspecified atom stereocenters. The van der Waals surface area contributed by atoms with Gasteiger partial charge in [-0.2, -0.15) is 0 Å². The van der Waals surface area contributed by atoms with Crippen molar-refractivity contribution < 1.29 is 14.6 Å². The van der Waals surface area contributed by atoms with Gasteiger partial charge in [0.2, 0.25) is 0 Å². The Labute approximate surface area is 94.4 Å². The van der Waals surface area contributed by atoms with Gasteiger partial charge >= 0.3 is 5.97 Å². The minimum absolute atomic E-state index is 0.0338. The number of rotatable bonds is 3. The van der Waals surface area contributed by atoms with Crippen LogP contribution in [0.2, 0.25) is 0 Å². The first-order valence-corrected chi connectivity index (χ1v) is 5.31. The summed E-state index contributed by atoms with van der Waals surface area (Å²) >= 11 is 0. The first kappa shape index (κ1) is 11.0. The number of nitrogens with zero attached hydrogens (tertiary/aromatic N) is 1. The second kappa shape index (κ2) is 4.53. The Morgan fingerprint density at radius 1 is 1.44 bits per heavy atom. The lowest BCUT2D eigenvalue weighted by Gasteiger charge is -2.13. The minimum atomic E-state index is -0.776. The summed E-state index contributed by atoms with van der Waals surface area (Å²) in [4.78, 5) is 12.7. The fourth-order valence-electron chi connectivity index (χ4n) is 2.02. The molecule has 1 fully saturated rings. The number of hydrogen-bond acceptors (Lipinski definition) is 3. The maximum atomic E-state index is 10.9. The van der Waals surface area contributed by atoms with E-state index in [-0.39, 0.29) is 6.10 Å². The van der Waals surface area contributed by atoms with Gasteiger partial charge in [-0.25, -0.2) is 0 Å². The van der Waals surface area contributed by atoms with E-state index in [4.69, 9.17) is 9.84 Å². The molecule has 0 spiro atoms. The normalized spacial score (nSPS) is 25.6. The zero-order valence-electron chi connectivity index (χ0n) is 9.17. The minimum Gasteiger partial charge on any atom is -0.489 e. The van der Waals surface area contributed by atoms with E-state index >= 15 is 0 Å². The molecule has 0 aliphatic carbocycles. The van der Waals surface area contributed by atoms with E-state index < -0.39 is 12.0 Å². The van der Waals surface area contributed by atoms with E-state index in [9.17, 15) is 4.79 Å². The lowest BCUT2D eigenvalue weighted by Crippen LogP contribution is -2.32. The molecule has 1 heterocycles. The number of carboxylic acid groups (broad SMARTS) is 1. The Bertz CT molecular complexity index is 366. The molecular formula is C12H15NO3. The zero-order valence-corrected chi connectivity index (χ0v) is 9.17. The van der Waals surface area contributed by atoms with Crippen LogP contribution in [0.5, 0.6) is 5.75 Å². The van der Waals surface area contributed by atoms with Crippen molar-refractivity contribution in [3.63, 3.8) is 0 Å². The van der Waals surface area contributed by atoms with Crippen LogP contribution in [0.4, 0.5) is 0 Å². The molecule has 86 valence electrons. The van der Waals surface area contributed by atoms with Gasteiger partial charge in [0.1, 0.15) is 17.9 Å². The van der Waals surface area contributed by atoms with E-state index in [0.717, 1.165) is 5.75 Å². The smallest absolute Gasteiger partial charge is 0.321 e. The monoisotopic (exact) mass is 221 g/mol. The molecular weight excluding hydrogens is 206 g/mol. The van der Waals surface area contributed by atoms with Gasteiger partial charge in [-0.1, -0.05) is 18.2 Å². The molecule has 1 saturated heterocycles. The van der Waals surface area contributed by atoms with Crippen molar-refractivity contribution in [3.05, 3.63) is 30.3 Å². The molecule has 1 aliphatic rings. The average molecular weight is 221 g/mol.